The number of unbranched alkanes of at least 4 members (excludes halogenated alkanes) is 5. The fourth-order valence-electron chi connectivity index (χ4n) is 4.26. The van der Waals surface area contributed by atoms with Crippen molar-refractivity contribution in [3.05, 3.63) is 45.2 Å². The molecule has 2 aromatic rings. The van der Waals surface area contributed by atoms with Crippen molar-refractivity contribution in [2.75, 3.05) is 25.0 Å². The molecule has 1 atom stereocenters. The summed E-state index contributed by atoms with van der Waals surface area (Å²) in [6.45, 7) is 4.14. The summed E-state index contributed by atoms with van der Waals surface area (Å²) in [5.74, 6) is 0.332. The zero-order valence-electron chi connectivity index (χ0n) is 19.6. The molecule has 0 radical (unpaired) electrons. The number of hydrogen-bond acceptors (Lipinski definition) is 7. The molecule has 2 aromatic heterocycles. The second-order valence-electron chi connectivity index (χ2n) is 8.73. The summed E-state index contributed by atoms with van der Waals surface area (Å²) in [5.41, 5.74) is 0.693. The van der Waals surface area contributed by atoms with Gasteiger partial charge in [-0.15, -0.1) is 0 Å². The number of nitrogens with one attached hydrogen (secondary N) is 1. The Morgan fingerprint density at radius 3 is 2.85 bits per heavy atom. The quantitative estimate of drug-likeness (QED) is 0.269. The number of thiocarbonyl (C=S) groups is 1. The van der Waals surface area contributed by atoms with Crippen molar-refractivity contribution >= 4 is 51.7 Å². The highest BCUT2D eigenvalue weighted by Gasteiger charge is 2.32. The molecule has 0 bridgehead atoms. The average Bonchev–Trinajstić information content (AvgIpc) is 3.45. The maximum Gasteiger partial charge on any atom is 0.267 e. The van der Waals surface area contributed by atoms with E-state index in [1.54, 1.807) is 29.3 Å². The standard InChI is InChI=1S/C25H32N4O3S2/c1-2-3-4-5-6-8-14-29-24(31)20(34-25(29)33)16-19-22(26-17-18-11-10-15-32-18)27-21-12-7-9-13-28(21)23(19)30/h7,9,12-13,16,18,26H,2-6,8,10-11,14-15,17H2,1H3. The minimum atomic E-state index is -0.221. The van der Waals surface area contributed by atoms with Gasteiger partial charge in [0.1, 0.15) is 15.8 Å². The van der Waals surface area contributed by atoms with Crippen molar-refractivity contribution in [3.63, 3.8) is 0 Å². The number of carbonyl (C=O) groups excluding carboxylic acids is 1. The predicted octanol–water partition coefficient (Wildman–Crippen LogP) is 4.85. The number of fused-ring (bicyclic) bond motifs is 1. The first-order chi connectivity index (χ1) is 16.6. The fourth-order valence-corrected chi connectivity index (χ4v) is 5.55. The molecule has 1 amide bonds. The van der Waals surface area contributed by atoms with E-state index < -0.39 is 0 Å². The van der Waals surface area contributed by atoms with Gasteiger partial charge in [0.25, 0.3) is 11.5 Å². The molecule has 34 heavy (non-hydrogen) atoms. The summed E-state index contributed by atoms with van der Waals surface area (Å²) in [5, 5.41) is 3.30. The van der Waals surface area contributed by atoms with Gasteiger partial charge in [0.05, 0.1) is 16.6 Å². The van der Waals surface area contributed by atoms with E-state index in [1.165, 1.54) is 41.8 Å². The summed E-state index contributed by atoms with van der Waals surface area (Å²) >= 11 is 6.75. The van der Waals surface area contributed by atoms with Gasteiger partial charge in [-0.2, -0.15) is 0 Å². The monoisotopic (exact) mass is 500 g/mol. The molecule has 2 aliphatic rings. The maximum atomic E-state index is 13.3. The number of amides is 1. The van der Waals surface area contributed by atoms with Crippen molar-refractivity contribution in [2.24, 2.45) is 0 Å². The minimum absolute atomic E-state index is 0.0967. The van der Waals surface area contributed by atoms with Crippen molar-refractivity contribution in [1.29, 1.82) is 0 Å². The molecule has 2 aliphatic heterocycles. The number of ether oxygens (including phenoxy) is 1. The van der Waals surface area contributed by atoms with E-state index >= 15 is 0 Å². The van der Waals surface area contributed by atoms with Crippen LogP contribution in [-0.2, 0) is 9.53 Å². The molecule has 1 unspecified atom stereocenters. The molecule has 4 heterocycles. The second kappa shape index (κ2) is 12.0. The Morgan fingerprint density at radius 1 is 1.24 bits per heavy atom. The van der Waals surface area contributed by atoms with Crippen LogP contribution < -0.4 is 10.9 Å². The number of nitrogens with zero attached hydrogens (tertiary/aromatic N) is 3. The highest BCUT2D eigenvalue weighted by Crippen LogP contribution is 2.33. The van der Waals surface area contributed by atoms with Crippen LogP contribution in [0.3, 0.4) is 0 Å². The summed E-state index contributed by atoms with van der Waals surface area (Å²) in [6, 6.07) is 5.43. The number of carbonyl (C=O) groups is 1. The Morgan fingerprint density at radius 2 is 2.06 bits per heavy atom. The second-order valence-corrected chi connectivity index (χ2v) is 10.4. The highest BCUT2D eigenvalue weighted by atomic mass is 32.2. The van der Waals surface area contributed by atoms with Crippen LogP contribution in [0.15, 0.2) is 34.1 Å². The van der Waals surface area contributed by atoms with E-state index in [1.807, 2.05) is 6.07 Å². The Labute approximate surface area is 210 Å². The molecule has 1 N–H and O–H groups in total. The van der Waals surface area contributed by atoms with E-state index in [4.69, 9.17) is 17.0 Å². The van der Waals surface area contributed by atoms with Crippen LogP contribution in [0.4, 0.5) is 5.82 Å². The van der Waals surface area contributed by atoms with Crippen LogP contribution >= 0.6 is 24.0 Å². The Hall–Kier alpha value is -2.23. The van der Waals surface area contributed by atoms with Crippen molar-refractivity contribution in [3.8, 4) is 0 Å². The summed E-state index contributed by atoms with van der Waals surface area (Å²) in [7, 11) is 0. The highest BCUT2D eigenvalue weighted by molar-refractivity contribution is 8.26. The third-order valence-electron chi connectivity index (χ3n) is 6.17. The number of anilines is 1. The van der Waals surface area contributed by atoms with Crippen LogP contribution in [0.5, 0.6) is 0 Å². The smallest absolute Gasteiger partial charge is 0.267 e. The first-order valence-electron chi connectivity index (χ1n) is 12.2. The zero-order valence-corrected chi connectivity index (χ0v) is 21.3. The first-order valence-corrected chi connectivity index (χ1v) is 13.4. The third kappa shape index (κ3) is 5.87. The molecule has 0 aliphatic carbocycles. The lowest BCUT2D eigenvalue weighted by Gasteiger charge is -2.15. The third-order valence-corrected chi connectivity index (χ3v) is 7.55. The van der Waals surface area contributed by atoms with Crippen LogP contribution in [0.1, 0.15) is 63.9 Å². The number of thioether (sulfide) groups is 1. The molecule has 0 spiro atoms. The summed E-state index contributed by atoms with van der Waals surface area (Å²) in [6.07, 6.45) is 12.3. The Bertz CT molecular complexity index is 1120. The van der Waals surface area contributed by atoms with E-state index in [0.29, 0.717) is 39.3 Å². The van der Waals surface area contributed by atoms with Gasteiger partial charge in [0.2, 0.25) is 0 Å². The molecule has 2 saturated heterocycles. The maximum absolute atomic E-state index is 13.3. The van der Waals surface area contributed by atoms with Gasteiger partial charge in [-0.25, -0.2) is 4.98 Å². The van der Waals surface area contributed by atoms with Gasteiger partial charge >= 0.3 is 0 Å². The first kappa shape index (κ1) is 24.9. The lowest BCUT2D eigenvalue weighted by Crippen LogP contribution is -2.29. The van der Waals surface area contributed by atoms with Gasteiger partial charge in [0.15, 0.2) is 0 Å². The number of rotatable bonds is 11. The predicted molar refractivity (Wildman–Crippen MR) is 142 cm³/mol. The van der Waals surface area contributed by atoms with Crippen LogP contribution in [0.25, 0.3) is 11.7 Å². The SMILES string of the molecule is CCCCCCCCN1C(=O)C(=Cc2c(NCC3CCCO3)nc3ccccn3c2=O)SC1=S. The van der Waals surface area contributed by atoms with E-state index in [0.717, 1.165) is 32.3 Å². The minimum Gasteiger partial charge on any atom is -0.376 e. The van der Waals surface area contributed by atoms with Crippen LogP contribution in [0, 0.1) is 0 Å². The number of pyridine rings is 1. The molecular formula is C25H32N4O3S2. The number of aromatic nitrogens is 2. The Balaban J connectivity index is 1.54. The lowest BCUT2D eigenvalue weighted by atomic mass is 10.1. The van der Waals surface area contributed by atoms with E-state index in [2.05, 4.69) is 17.2 Å². The largest absolute Gasteiger partial charge is 0.376 e. The van der Waals surface area contributed by atoms with Gasteiger partial charge in [-0.05, 0) is 37.5 Å². The molecule has 7 nitrogen and oxygen atoms in total. The van der Waals surface area contributed by atoms with Crippen molar-refractivity contribution in [2.45, 2.75) is 64.4 Å². The molecule has 0 saturated carbocycles. The number of hydrogen-bond donors (Lipinski definition) is 1. The van der Waals surface area contributed by atoms with Gasteiger partial charge in [-0.3, -0.25) is 18.9 Å². The molecule has 182 valence electrons. The van der Waals surface area contributed by atoms with Crippen molar-refractivity contribution in [1.82, 2.24) is 14.3 Å². The van der Waals surface area contributed by atoms with Gasteiger partial charge in [0, 0.05) is 25.9 Å². The normalized spacial score (nSPS) is 19.6. The van der Waals surface area contributed by atoms with Crippen molar-refractivity contribution < 1.29 is 9.53 Å². The van der Waals surface area contributed by atoms with E-state index in [9.17, 15) is 9.59 Å². The fraction of sp³-hybridized carbons (Fsp3) is 0.520. The molecule has 0 aromatic carbocycles. The Kier molecular flexibility index (Phi) is 8.74. The molecular weight excluding hydrogens is 468 g/mol. The summed E-state index contributed by atoms with van der Waals surface area (Å²) in [4.78, 5) is 33.3. The lowest BCUT2D eigenvalue weighted by molar-refractivity contribution is -0.122. The summed E-state index contributed by atoms with van der Waals surface area (Å²) < 4.78 is 7.76. The van der Waals surface area contributed by atoms with Gasteiger partial charge in [-0.1, -0.05) is 69.1 Å². The van der Waals surface area contributed by atoms with E-state index in [-0.39, 0.29) is 17.6 Å². The van der Waals surface area contributed by atoms with Crippen LogP contribution in [-0.4, -0.2) is 50.3 Å². The van der Waals surface area contributed by atoms with Gasteiger partial charge < -0.3 is 10.1 Å². The van der Waals surface area contributed by atoms with Crippen LogP contribution in [0.2, 0.25) is 0 Å². The average molecular weight is 501 g/mol. The molecule has 4 rings (SSSR count). The zero-order chi connectivity index (χ0) is 23.9. The molecule has 9 heteroatoms. The molecule has 2 fully saturated rings. The topological polar surface area (TPSA) is 75.9 Å².